The first kappa shape index (κ1) is 11.2. The lowest BCUT2D eigenvalue weighted by Crippen LogP contribution is -2.01. The highest BCUT2D eigenvalue weighted by atomic mass is 79.9. The highest BCUT2D eigenvalue weighted by molar-refractivity contribution is 9.10. The van der Waals surface area contributed by atoms with Crippen LogP contribution in [0, 0.1) is 5.82 Å². The number of nitrogens with two attached hydrogens (primary N) is 1. The largest absolute Gasteiger partial charge is 0.384 e. The first-order chi connectivity index (χ1) is 8.66. The van der Waals surface area contributed by atoms with Gasteiger partial charge in [-0.2, -0.15) is 9.61 Å². The summed E-state index contributed by atoms with van der Waals surface area (Å²) in [6.07, 6.45) is 1.60. The topological polar surface area (TPSA) is 56.2 Å². The standard InChI is InChI=1S/C12H8BrFN4/c13-8-6-16-18-11(15)5-10(17-12(8)18)7-3-1-2-4-9(7)14/h1-6H,15H2. The van der Waals surface area contributed by atoms with E-state index in [1.807, 2.05) is 0 Å². The molecule has 18 heavy (non-hydrogen) atoms. The fourth-order valence-electron chi connectivity index (χ4n) is 1.77. The molecule has 0 saturated heterocycles. The molecule has 0 saturated carbocycles. The Morgan fingerprint density at radius 2 is 2.06 bits per heavy atom. The molecule has 4 nitrogen and oxygen atoms in total. The number of fused-ring (bicyclic) bond motifs is 1. The zero-order valence-electron chi connectivity index (χ0n) is 9.14. The van der Waals surface area contributed by atoms with Crippen LogP contribution in [0.3, 0.4) is 0 Å². The lowest BCUT2D eigenvalue weighted by Gasteiger charge is -2.05. The van der Waals surface area contributed by atoms with E-state index < -0.39 is 0 Å². The molecule has 0 spiro atoms. The molecular formula is C12H8BrFN4. The van der Waals surface area contributed by atoms with Crippen LogP contribution < -0.4 is 5.73 Å². The molecule has 3 rings (SSSR count). The van der Waals surface area contributed by atoms with E-state index in [2.05, 4.69) is 26.0 Å². The fraction of sp³-hybridized carbons (Fsp3) is 0. The van der Waals surface area contributed by atoms with Gasteiger partial charge < -0.3 is 5.73 Å². The van der Waals surface area contributed by atoms with E-state index in [4.69, 9.17) is 5.73 Å². The maximum Gasteiger partial charge on any atom is 0.172 e. The maximum absolute atomic E-state index is 13.7. The average molecular weight is 307 g/mol. The van der Waals surface area contributed by atoms with Crippen molar-refractivity contribution in [3.05, 3.63) is 46.8 Å². The summed E-state index contributed by atoms with van der Waals surface area (Å²) in [7, 11) is 0. The second-order valence-electron chi connectivity index (χ2n) is 3.77. The van der Waals surface area contributed by atoms with Crippen molar-refractivity contribution in [1.82, 2.24) is 14.6 Å². The van der Waals surface area contributed by atoms with E-state index in [9.17, 15) is 4.39 Å². The molecule has 90 valence electrons. The van der Waals surface area contributed by atoms with Gasteiger partial charge in [-0.15, -0.1) is 0 Å². The molecule has 3 aromatic rings. The Morgan fingerprint density at radius 1 is 1.28 bits per heavy atom. The SMILES string of the molecule is Nc1cc(-c2ccccc2F)nc2c(Br)cnn12. The number of halogens is 2. The lowest BCUT2D eigenvalue weighted by molar-refractivity contribution is 0.630. The number of rotatable bonds is 1. The van der Waals surface area contributed by atoms with E-state index in [0.29, 0.717) is 27.2 Å². The van der Waals surface area contributed by atoms with Crippen LogP contribution in [0.5, 0.6) is 0 Å². The highest BCUT2D eigenvalue weighted by Crippen LogP contribution is 2.25. The molecule has 0 radical (unpaired) electrons. The Hall–Kier alpha value is -1.95. The Balaban J connectivity index is 2.31. The van der Waals surface area contributed by atoms with Crippen LogP contribution in [0.2, 0.25) is 0 Å². The Kier molecular flexibility index (Phi) is 2.52. The quantitative estimate of drug-likeness (QED) is 0.752. The Morgan fingerprint density at radius 3 is 2.83 bits per heavy atom. The Bertz CT molecular complexity index is 738. The maximum atomic E-state index is 13.7. The molecule has 0 aliphatic heterocycles. The molecule has 0 aliphatic rings. The van der Waals surface area contributed by atoms with Crippen LogP contribution in [0.15, 0.2) is 41.0 Å². The van der Waals surface area contributed by atoms with Gasteiger partial charge in [-0.05, 0) is 28.1 Å². The van der Waals surface area contributed by atoms with Crippen LogP contribution >= 0.6 is 15.9 Å². The molecule has 0 bridgehead atoms. The van der Waals surface area contributed by atoms with Crippen molar-refractivity contribution in [3.8, 4) is 11.3 Å². The summed E-state index contributed by atoms with van der Waals surface area (Å²) < 4.78 is 15.9. The molecule has 0 fully saturated rings. The Labute approximate surface area is 110 Å². The minimum absolute atomic E-state index is 0.329. The number of nitrogens with zero attached hydrogens (tertiary/aromatic N) is 3. The third kappa shape index (κ3) is 1.65. The van der Waals surface area contributed by atoms with Crippen molar-refractivity contribution in [3.63, 3.8) is 0 Å². The van der Waals surface area contributed by atoms with Crippen molar-refractivity contribution in [1.29, 1.82) is 0 Å². The minimum Gasteiger partial charge on any atom is -0.384 e. The van der Waals surface area contributed by atoms with Crippen LogP contribution in [0.25, 0.3) is 16.9 Å². The second-order valence-corrected chi connectivity index (χ2v) is 4.63. The van der Waals surface area contributed by atoms with Crippen LogP contribution in [-0.2, 0) is 0 Å². The third-order valence-electron chi connectivity index (χ3n) is 2.61. The molecule has 2 N–H and O–H groups in total. The number of hydrogen-bond donors (Lipinski definition) is 1. The van der Waals surface area contributed by atoms with Crippen molar-refractivity contribution in [2.45, 2.75) is 0 Å². The molecule has 0 aliphatic carbocycles. The van der Waals surface area contributed by atoms with Crippen molar-refractivity contribution >= 4 is 27.4 Å². The van der Waals surface area contributed by atoms with Crippen molar-refractivity contribution < 1.29 is 4.39 Å². The van der Waals surface area contributed by atoms with Gasteiger partial charge in [0.1, 0.15) is 11.6 Å². The first-order valence-corrected chi connectivity index (χ1v) is 6.01. The van der Waals surface area contributed by atoms with Crippen LogP contribution in [-0.4, -0.2) is 14.6 Å². The van der Waals surface area contributed by atoms with Gasteiger partial charge in [0.25, 0.3) is 0 Å². The number of aromatic nitrogens is 3. The smallest absolute Gasteiger partial charge is 0.172 e. The highest BCUT2D eigenvalue weighted by Gasteiger charge is 2.11. The summed E-state index contributed by atoms with van der Waals surface area (Å²) in [5.41, 5.74) is 7.34. The van der Waals surface area contributed by atoms with Crippen LogP contribution in [0.1, 0.15) is 0 Å². The normalized spacial score (nSPS) is 11.0. The lowest BCUT2D eigenvalue weighted by atomic mass is 10.1. The predicted molar refractivity (Wildman–Crippen MR) is 70.5 cm³/mol. The van der Waals surface area contributed by atoms with Gasteiger partial charge in [-0.3, -0.25) is 0 Å². The van der Waals surface area contributed by atoms with Crippen molar-refractivity contribution in [2.75, 3.05) is 5.73 Å². The zero-order valence-corrected chi connectivity index (χ0v) is 10.7. The third-order valence-corrected chi connectivity index (χ3v) is 3.17. The summed E-state index contributed by atoms with van der Waals surface area (Å²) in [4.78, 5) is 4.36. The molecule has 1 aromatic carbocycles. The molecule has 0 amide bonds. The fourth-order valence-corrected chi connectivity index (χ4v) is 2.11. The summed E-state index contributed by atoms with van der Waals surface area (Å²) in [5, 5.41) is 4.06. The number of benzene rings is 1. The molecule has 6 heteroatoms. The molecular weight excluding hydrogens is 299 g/mol. The van der Waals surface area contributed by atoms with Gasteiger partial charge in [-0.25, -0.2) is 9.37 Å². The number of anilines is 1. The van der Waals surface area contributed by atoms with E-state index in [1.165, 1.54) is 10.6 Å². The zero-order chi connectivity index (χ0) is 12.7. The van der Waals surface area contributed by atoms with Crippen molar-refractivity contribution in [2.24, 2.45) is 0 Å². The van der Waals surface area contributed by atoms with Gasteiger partial charge in [0.2, 0.25) is 0 Å². The molecule has 0 atom stereocenters. The molecule has 0 unspecified atom stereocenters. The molecule has 2 heterocycles. The van der Waals surface area contributed by atoms with Gasteiger partial charge >= 0.3 is 0 Å². The molecule has 2 aromatic heterocycles. The summed E-state index contributed by atoms with van der Waals surface area (Å²) in [6.45, 7) is 0. The van der Waals surface area contributed by atoms with E-state index in [1.54, 1.807) is 30.5 Å². The van der Waals surface area contributed by atoms with Gasteiger partial charge in [0.05, 0.1) is 16.4 Å². The number of hydrogen-bond acceptors (Lipinski definition) is 3. The van der Waals surface area contributed by atoms with E-state index in [0.717, 1.165) is 0 Å². The van der Waals surface area contributed by atoms with Gasteiger partial charge in [-0.1, -0.05) is 12.1 Å². The number of nitrogen functional groups attached to an aromatic ring is 1. The summed E-state index contributed by atoms with van der Waals surface area (Å²) in [6, 6.07) is 8.05. The van der Waals surface area contributed by atoms with Crippen LogP contribution in [0.4, 0.5) is 10.2 Å². The summed E-state index contributed by atoms with van der Waals surface area (Å²) in [5.74, 6) is 0.0772. The average Bonchev–Trinajstić information content (AvgIpc) is 2.72. The van der Waals surface area contributed by atoms with E-state index >= 15 is 0 Å². The van der Waals surface area contributed by atoms with E-state index in [-0.39, 0.29) is 5.82 Å². The monoisotopic (exact) mass is 306 g/mol. The summed E-state index contributed by atoms with van der Waals surface area (Å²) >= 11 is 3.33. The minimum atomic E-state index is -0.329. The second kappa shape index (κ2) is 4.06. The van der Waals surface area contributed by atoms with Gasteiger partial charge in [0, 0.05) is 11.6 Å². The first-order valence-electron chi connectivity index (χ1n) is 5.21. The predicted octanol–water partition coefficient (Wildman–Crippen LogP) is 2.88. The van der Waals surface area contributed by atoms with Gasteiger partial charge in [0.15, 0.2) is 5.65 Å².